The van der Waals surface area contributed by atoms with E-state index in [1.165, 1.54) is 0 Å². The van der Waals surface area contributed by atoms with Gasteiger partial charge in [-0.05, 0) is 75.7 Å². The third-order valence-corrected chi connectivity index (χ3v) is 7.04. The molecule has 0 atom stereocenters. The molecule has 2 aliphatic rings. The molecule has 2 aliphatic heterocycles. The third-order valence-electron chi connectivity index (χ3n) is 5.91. The van der Waals surface area contributed by atoms with Gasteiger partial charge in [-0.15, -0.1) is 0 Å². The highest BCUT2D eigenvalue weighted by molar-refractivity contribution is 7.99. The summed E-state index contributed by atoms with van der Waals surface area (Å²) in [6.45, 7) is 8.86. The molecule has 3 aromatic carbocycles. The highest BCUT2D eigenvalue weighted by atomic mass is 32.2. The van der Waals surface area contributed by atoms with E-state index in [1.807, 2.05) is 71.3 Å². The van der Waals surface area contributed by atoms with E-state index in [-0.39, 0.29) is 6.03 Å². The lowest BCUT2D eigenvalue weighted by Gasteiger charge is -2.44. The van der Waals surface area contributed by atoms with Gasteiger partial charge in [-0.3, -0.25) is 9.80 Å². The maximum absolute atomic E-state index is 14.4. The molecule has 0 aliphatic carbocycles. The van der Waals surface area contributed by atoms with E-state index in [4.69, 9.17) is 4.74 Å². The molecule has 0 fully saturated rings. The van der Waals surface area contributed by atoms with Gasteiger partial charge in [-0.25, -0.2) is 4.79 Å². The number of anilines is 3. The van der Waals surface area contributed by atoms with Crippen LogP contribution < -0.4 is 14.5 Å². The average Bonchev–Trinajstić information content (AvgIpc) is 2.77. The van der Waals surface area contributed by atoms with Crippen molar-refractivity contribution in [1.82, 2.24) is 0 Å². The van der Waals surface area contributed by atoms with E-state index in [0.29, 0.717) is 6.61 Å². The second kappa shape index (κ2) is 7.75. The van der Waals surface area contributed by atoms with Gasteiger partial charge in [0, 0.05) is 15.4 Å². The van der Waals surface area contributed by atoms with E-state index in [9.17, 15) is 4.79 Å². The first-order valence-corrected chi connectivity index (χ1v) is 11.7. The Labute approximate surface area is 193 Å². The number of amides is 2. The van der Waals surface area contributed by atoms with Crippen LogP contribution in [-0.2, 0) is 0 Å². The zero-order valence-corrected chi connectivity index (χ0v) is 19.6. The molecule has 0 spiro atoms. The summed E-state index contributed by atoms with van der Waals surface area (Å²) in [5.41, 5.74) is 4.40. The molecule has 5 heteroatoms. The molecule has 2 heterocycles. The normalized spacial score (nSPS) is 15.9. The van der Waals surface area contributed by atoms with Crippen LogP contribution in [0, 0.1) is 0 Å². The first-order valence-electron chi connectivity index (χ1n) is 10.9. The highest BCUT2D eigenvalue weighted by Crippen LogP contribution is 2.50. The minimum Gasteiger partial charge on any atom is -0.494 e. The Bertz CT molecular complexity index is 1200. The quantitative estimate of drug-likeness (QED) is 0.412. The number of allylic oxidation sites excluding steroid dienone is 1. The summed E-state index contributed by atoms with van der Waals surface area (Å²) in [6, 6.07) is 22.1. The summed E-state index contributed by atoms with van der Waals surface area (Å²) < 4.78 is 5.73. The van der Waals surface area contributed by atoms with E-state index in [0.717, 1.165) is 43.7 Å². The van der Waals surface area contributed by atoms with Crippen molar-refractivity contribution in [1.29, 1.82) is 0 Å². The zero-order valence-electron chi connectivity index (χ0n) is 18.8. The molecule has 3 aromatic rings. The standard InChI is InChI=1S/C27H26N2O2S/c1-5-31-19-14-15-21-20(16-19)18(2)17-27(3,4)29(21)26(30)28-22-10-6-8-12-24(22)32-25-13-9-7-11-23(25)28/h6-17H,5H2,1-4H3. The van der Waals surface area contributed by atoms with Crippen LogP contribution in [0.15, 0.2) is 82.6 Å². The third kappa shape index (κ3) is 3.28. The van der Waals surface area contributed by atoms with Crippen LogP contribution in [-0.4, -0.2) is 18.2 Å². The number of benzene rings is 3. The predicted molar refractivity (Wildman–Crippen MR) is 132 cm³/mol. The average molecular weight is 443 g/mol. The molecule has 0 radical (unpaired) electrons. The van der Waals surface area contributed by atoms with Gasteiger partial charge in [0.05, 0.1) is 29.2 Å². The van der Waals surface area contributed by atoms with Crippen molar-refractivity contribution in [3.05, 3.63) is 78.4 Å². The second-order valence-electron chi connectivity index (χ2n) is 8.58. The van der Waals surface area contributed by atoms with E-state index in [1.54, 1.807) is 11.8 Å². The fraction of sp³-hybridized carbons (Fsp3) is 0.222. The molecule has 4 nitrogen and oxygen atoms in total. The van der Waals surface area contributed by atoms with Crippen molar-refractivity contribution in [3.63, 3.8) is 0 Å². The number of hydrogen-bond acceptors (Lipinski definition) is 3. The van der Waals surface area contributed by atoms with Gasteiger partial charge in [0.1, 0.15) is 5.75 Å². The molecule has 2 amide bonds. The summed E-state index contributed by atoms with van der Waals surface area (Å²) in [6.07, 6.45) is 2.17. The van der Waals surface area contributed by atoms with E-state index < -0.39 is 5.54 Å². The number of hydrogen-bond donors (Lipinski definition) is 0. The van der Waals surface area contributed by atoms with Crippen molar-refractivity contribution in [3.8, 4) is 5.75 Å². The molecule has 0 bridgehead atoms. The molecule has 0 aromatic heterocycles. The molecule has 0 unspecified atom stereocenters. The smallest absolute Gasteiger partial charge is 0.334 e. The lowest BCUT2D eigenvalue weighted by molar-refractivity contribution is 0.249. The van der Waals surface area contributed by atoms with Crippen LogP contribution in [0.1, 0.15) is 33.3 Å². The van der Waals surface area contributed by atoms with Crippen LogP contribution in [0.3, 0.4) is 0 Å². The number of fused-ring (bicyclic) bond motifs is 3. The van der Waals surface area contributed by atoms with Crippen LogP contribution in [0.25, 0.3) is 5.57 Å². The molecule has 5 rings (SSSR count). The predicted octanol–water partition coefficient (Wildman–Crippen LogP) is 7.51. The van der Waals surface area contributed by atoms with Gasteiger partial charge in [0.2, 0.25) is 0 Å². The Morgan fingerprint density at radius 2 is 1.56 bits per heavy atom. The number of nitrogens with zero attached hydrogens (tertiary/aromatic N) is 2. The molecular weight excluding hydrogens is 416 g/mol. The van der Waals surface area contributed by atoms with E-state index >= 15 is 0 Å². The number of urea groups is 1. The Morgan fingerprint density at radius 1 is 0.938 bits per heavy atom. The highest BCUT2D eigenvalue weighted by Gasteiger charge is 2.40. The van der Waals surface area contributed by atoms with Crippen molar-refractivity contribution < 1.29 is 9.53 Å². The van der Waals surface area contributed by atoms with E-state index in [2.05, 4.69) is 39.0 Å². The number of para-hydroxylation sites is 2. The Kier molecular flexibility index (Phi) is 5.01. The van der Waals surface area contributed by atoms with Gasteiger partial charge >= 0.3 is 6.03 Å². The first kappa shape index (κ1) is 20.7. The molecule has 0 saturated heterocycles. The number of carbonyl (C=O) groups excluding carboxylic acids is 1. The molecule has 32 heavy (non-hydrogen) atoms. The lowest BCUT2D eigenvalue weighted by Crippen LogP contribution is -2.53. The topological polar surface area (TPSA) is 32.8 Å². The summed E-state index contributed by atoms with van der Waals surface area (Å²) in [4.78, 5) is 20.3. The van der Waals surface area contributed by atoms with Crippen molar-refractivity contribution >= 4 is 40.4 Å². The largest absolute Gasteiger partial charge is 0.494 e. The lowest BCUT2D eigenvalue weighted by atomic mass is 9.89. The molecule has 0 N–H and O–H groups in total. The van der Waals surface area contributed by atoms with Gasteiger partial charge in [0.15, 0.2) is 0 Å². The Balaban J connectivity index is 1.67. The summed E-state index contributed by atoms with van der Waals surface area (Å²) >= 11 is 1.70. The minimum absolute atomic E-state index is 0.0654. The van der Waals surface area contributed by atoms with Crippen LogP contribution in [0.4, 0.5) is 21.9 Å². The van der Waals surface area contributed by atoms with Gasteiger partial charge in [-0.2, -0.15) is 0 Å². The Morgan fingerprint density at radius 3 is 2.19 bits per heavy atom. The first-order chi connectivity index (χ1) is 15.4. The summed E-state index contributed by atoms with van der Waals surface area (Å²) in [5, 5.41) is 0. The van der Waals surface area contributed by atoms with Gasteiger partial charge in [0.25, 0.3) is 0 Å². The maximum Gasteiger partial charge on any atom is 0.334 e. The summed E-state index contributed by atoms with van der Waals surface area (Å²) in [5.74, 6) is 0.816. The number of rotatable bonds is 2. The monoisotopic (exact) mass is 442 g/mol. The van der Waals surface area contributed by atoms with Crippen molar-refractivity contribution in [2.75, 3.05) is 16.4 Å². The molecular formula is C27H26N2O2S. The zero-order chi connectivity index (χ0) is 22.5. The molecule has 162 valence electrons. The second-order valence-corrected chi connectivity index (χ2v) is 9.67. The SMILES string of the molecule is CCOc1ccc2c(c1)C(C)=CC(C)(C)N2C(=O)N1c2ccccc2Sc2ccccc21. The Hall–Kier alpha value is -3.18. The summed E-state index contributed by atoms with van der Waals surface area (Å²) in [7, 11) is 0. The van der Waals surface area contributed by atoms with Crippen LogP contribution in [0.2, 0.25) is 0 Å². The molecule has 0 saturated carbocycles. The van der Waals surface area contributed by atoms with Gasteiger partial charge in [-0.1, -0.05) is 42.1 Å². The maximum atomic E-state index is 14.4. The fourth-order valence-electron chi connectivity index (χ4n) is 4.63. The van der Waals surface area contributed by atoms with Crippen molar-refractivity contribution in [2.45, 2.75) is 43.0 Å². The number of ether oxygens (including phenoxy) is 1. The van der Waals surface area contributed by atoms with Crippen LogP contribution >= 0.6 is 11.8 Å². The fourth-order valence-corrected chi connectivity index (χ4v) is 5.68. The minimum atomic E-state index is -0.490. The number of carbonyl (C=O) groups is 1. The van der Waals surface area contributed by atoms with Crippen LogP contribution in [0.5, 0.6) is 5.75 Å². The van der Waals surface area contributed by atoms with Crippen molar-refractivity contribution in [2.24, 2.45) is 0 Å². The van der Waals surface area contributed by atoms with Gasteiger partial charge < -0.3 is 4.74 Å².